The van der Waals surface area contributed by atoms with Crippen molar-refractivity contribution in [2.24, 2.45) is 5.92 Å². The van der Waals surface area contributed by atoms with E-state index in [-0.39, 0.29) is 5.91 Å². The Bertz CT molecular complexity index is 735. The Hall–Kier alpha value is -2.30. The Kier molecular flexibility index (Phi) is 5.96. The van der Waals surface area contributed by atoms with Crippen molar-refractivity contribution in [3.63, 3.8) is 0 Å². The zero-order chi connectivity index (χ0) is 18.5. The number of hydrogen-bond donors (Lipinski definition) is 1. The van der Waals surface area contributed by atoms with Gasteiger partial charge in [0.1, 0.15) is 0 Å². The zero-order valence-corrected chi connectivity index (χ0v) is 16.2. The zero-order valence-electron chi connectivity index (χ0n) is 16.2. The highest BCUT2D eigenvalue weighted by Gasteiger charge is 2.16. The second-order valence-electron chi connectivity index (χ2n) is 7.43. The molecule has 1 atom stereocenters. The molecule has 1 N–H and O–H groups in total. The van der Waals surface area contributed by atoms with E-state index < -0.39 is 0 Å². The van der Waals surface area contributed by atoms with Crippen LogP contribution in [0.15, 0.2) is 30.5 Å². The number of hydrogen-bond acceptors (Lipinski definition) is 3. The first-order valence-corrected chi connectivity index (χ1v) is 9.73. The molecule has 1 amide bonds. The van der Waals surface area contributed by atoms with Gasteiger partial charge in [-0.25, -0.2) is 0 Å². The third kappa shape index (κ3) is 4.45. The van der Waals surface area contributed by atoms with Crippen LogP contribution in [0.2, 0.25) is 0 Å². The number of piperidine rings is 1. The summed E-state index contributed by atoms with van der Waals surface area (Å²) in [5.41, 5.74) is 3.84. The van der Waals surface area contributed by atoms with Crippen LogP contribution < -0.4 is 10.2 Å². The van der Waals surface area contributed by atoms with E-state index in [4.69, 9.17) is 0 Å². The topological polar surface area (TPSA) is 50.2 Å². The maximum absolute atomic E-state index is 12.4. The summed E-state index contributed by atoms with van der Waals surface area (Å²) >= 11 is 0. The number of rotatable bonds is 6. The fraction of sp³-hybridized carbons (Fsp3) is 0.524. The quantitative estimate of drug-likeness (QED) is 0.859. The number of benzene rings is 1. The van der Waals surface area contributed by atoms with Crippen LogP contribution in [0.1, 0.15) is 54.7 Å². The summed E-state index contributed by atoms with van der Waals surface area (Å²) in [5.74, 6) is 0.707. The van der Waals surface area contributed by atoms with Crippen LogP contribution >= 0.6 is 0 Å². The molecule has 0 saturated carbocycles. The lowest BCUT2D eigenvalue weighted by molar-refractivity contribution is 0.0950. The van der Waals surface area contributed by atoms with Gasteiger partial charge in [-0.05, 0) is 49.8 Å². The second kappa shape index (κ2) is 8.39. The first-order chi connectivity index (χ1) is 12.6. The van der Waals surface area contributed by atoms with Crippen molar-refractivity contribution in [2.75, 3.05) is 18.0 Å². The monoisotopic (exact) mass is 354 g/mol. The molecule has 1 saturated heterocycles. The lowest BCUT2D eigenvalue weighted by atomic mass is 9.99. The number of aryl methyl sites for hydroxylation is 2. The van der Waals surface area contributed by atoms with Crippen molar-refractivity contribution in [3.05, 3.63) is 47.3 Å². The fourth-order valence-electron chi connectivity index (χ4n) is 3.61. The average molecular weight is 354 g/mol. The second-order valence-corrected chi connectivity index (χ2v) is 7.43. The number of carbonyl (C=O) groups excluding carboxylic acids is 1. The molecule has 26 heavy (non-hydrogen) atoms. The van der Waals surface area contributed by atoms with Gasteiger partial charge in [0.05, 0.1) is 11.3 Å². The molecule has 0 spiro atoms. The fourth-order valence-corrected chi connectivity index (χ4v) is 3.61. The summed E-state index contributed by atoms with van der Waals surface area (Å²) in [4.78, 5) is 14.9. The van der Waals surface area contributed by atoms with Crippen LogP contribution in [-0.4, -0.2) is 28.8 Å². The van der Waals surface area contributed by atoms with Crippen LogP contribution in [0.5, 0.6) is 0 Å². The molecule has 1 aliphatic rings. The summed E-state index contributed by atoms with van der Waals surface area (Å²) in [6, 6.07) is 8.57. The number of aromatic nitrogens is 2. The SMILES string of the molecule is CCCn1cc(C(=O)NCc2ccc(N3CCC[C@H](C)C3)cc2)c(C)n1. The Labute approximate surface area is 156 Å². The van der Waals surface area contributed by atoms with E-state index in [0.29, 0.717) is 12.1 Å². The standard InChI is InChI=1S/C21H30N4O/c1-4-11-25-15-20(17(3)23-25)21(26)22-13-18-7-9-19(10-8-18)24-12-5-6-16(2)14-24/h7-10,15-16H,4-6,11-14H2,1-3H3,(H,22,26)/t16-/m0/s1. The number of anilines is 1. The number of carbonyl (C=O) groups is 1. The van der Waals surface area contributed by atoms with Gasteiger partial charge in [-0.2, -0.15) is 5.10 Å². The molecule has 2 heterocycles. The van der Waals surface area contributed by atoms with Gasteiger partial charge in [0.15, 0.2) is 0 Å². The molecule has 0 radical (unpaired) electrons. The molecule has 2 aromatic rings. The van der Waals surface area contributed by atoms with E-state index in [1.54, 1.807) is 0 Å². The van der Waals surface area contributed by atoms with Crippen LogP contribution in [0.25, 0.3) is 0 Å². The summed E-state index contributed by atoms with van der Waals surface area (Å²) < 4.78 is 1.85. The van der Waals surface area contributed by atoms with E-state index in [1.807, 2.05) is 17.8 Å². The highest BCUT2D eigenvalue weighted by atomic mass is 16.1. The number of nitrogens with zero attached hydrogens (tertiary/aromatic N) is 3. The predicted molar refractivity (Wildman–Crippen MR) is 105 cm³/mol. The van der Waals surface area contributed by atoms with E-state index in [2.05, 4.69) is 53.4 Å². The van der Waals surface area contributed by atoms with Crippen molar-refractivity contribution in [1.82, 2.24) is 15.1 Å². The van der Waals surface area contributed by atoms with Crippen molar-refractivity contribution in [2.45, 2.75) is 53.1 Å². The molecule has 1 aromatic heterocycles. The van der Waals surface area contributed by atoms with Gasteiger partial charge in [-0.15, -0.1) is 0 Å². The highest BCUT2D eigenvalue weighted by molar-refractivity contribution is 5.94. The van der Waals surface area contributed by atoms with Crippen molar-refractivity contribution in [1.29, 1.82) is 0 Å². The van der Waals surface area contributed by atoms with E-state index in [1.165, 1.54) is 18.5 Å². The Morgan fingerprint density at radius 1 is 1.31 bits per heavy atom. The van der Waals surface area contributed by atoms with Gasteiger partial charge >= 0.3 is 0 Å². The molecule has 0 aliphatic carbocycles. The smallest absolute Gasteiger partial charge is 0.255 e. The first-order valence-electron chi connectivity index (χ1n) is 9.73. The molecular formula is C21H30N4O. The van der Waals surface area contributed by atoms with E-state index in [0.717, 1.165) is 43.2 Å². The van der Waals surface area contributed by atoms with Gasteiger partial charge in [0.25, 0.3) is 5.91 Å². The van der Waals surface area contributed by atoms with Crippen LogP contribution in [0.3, 0.4) is 0 Å². The van der Waals surface area contributed by atoms with Gasteiger partial charge < -0.3 is 10.2 Å². The number of amides is 1. The molecule has 5 nitrogen and oxygen atoms in total. The molecule has 0 bridgehead atoms. The summed E-state index contributed by atoms with van der Waals surface area (Å²) in [6.07, 6.45) is 5.44. The molecular weight excluding hydrogens is 324 g/mol. The Morgan fingerprint density at radius 2 is 2.08 bits per heavy atom. The third-order valence-electron chi connectivity index (χ3n) is 5.06. The maximum Gasteiger partial charge on any atom is 0.255 e. The average Bonchev–Trinajstić information content (AvgIpc) is 3.01. The molecule has 1 aliphatic heterocycles. The summed E-state index contributed by atoms with van der Waals surface area (Å²) in [5, 5.41) is 7.41. The summed E-state index contributed by atoms with van der Waals surface area (Å²) in [6.45, 7) is 9.96. The maximum atomic E-state index is 12.4. The Balaban J connectivity index is 1.57. The molecule has 5 heteroatoms. The Morgan fingerprint density at radius 3 is 2.77 bits per heavy atom. The van der Waals surface area contributed by atoms with Crippen LogP contribution in [0.4, 0.5) is 5.69 Å². The van der Waals surface area contributed by atoms with Gasteiger partial charge in [-0.3, -0.25) is 9.48 Å². The third-order valence-corrected chi connectivity index (χ3v) is 5.06. The minimum atomic E-state index is -0.0567. The molecule has 1 fully saturated rings. The predicted octanol–water partition coefficient (Wildman–Crippen LogP) is 3.77. The van der Waals surface area contributed by atoms with Gasteiger partial charge in [0, 0.05) is 38.1 Å². The minimum absolute atomic E-state index is 0.0567. The molecule has 140 valence electrons. The first kappa shape index (κ1) is 18.5. The van der Waals surface area contributed by atoms with Crippen LogP contribution in [0, 0.1) is 12.8 Å². The lowest BCUT2D eigenvalue weighted by Crippen LogP contribution is -2.34. The van der Waals surface area contributed by atoms with Crippen molar-refractivity contribution >= 4 is 11.6 Å². The number of nitrogens with one attached hydrogen (secondary N) is 1. The van der Waals surface area contributed by atoms with Crippen molar-refractivity contribution in [3.8, 4) is 0 Å². The van der Waals surface area contributed by atoms with E-state index in [9.17, 15) is 4.79 Å². The van der Waals surface area contributed by atoms with Crippen molar-refractivity contribution < 1.29 is 4.79 Å². The molecule has 0 unspecified atom stereocenters. The summed E-state index contributed by atoms with van der Waals surface area (Å²) in [7, 11) is 0. The van der Waals surface area contributed by atoms with Gasteiger partial charge in [0.2, 0.25) is 0 Å². The van der Waals surface area contributed by atoms with E-state index >= 15 is 0 Å². The molecule has 1 aromatic carbocycles. The highest BCUT2D eigenvalue weighted by Crippen LogP contribution is 2.23. The lowest BCUT2D eigenvalue weighted by Gasteiger charge is -2.32. The molecule has 3 rings (SSSR count). The van der Waals surface area contributed by atoms with Crippen LogP contribution in [-0.2, 0) is 13.1 Å². The minimum Gasteiger partial charge on any atom is -0.371 e. The largest absolute Gasteiger partial charge is 0.371 e. The van der Waals surface area contributed by atoms with Gasteiger partial charge in [-0.1, -0.05) is 26.0 Å². The normalized spacial score (nSPS) is 17.3.